The van der Waals surface area contributed by atoms with E-state index in [0.717, 1.165) is 30.6 Å². The van der Waals surface area contributed by atoms with Crippen molar-refractivity contribution in [3.63, 3.8) is 0 Å². The number of nitrogens with one attached hydrogen (secondary N) is 3. The molecule has 7 nitrogen and oxygen atoms in total. The third kappa shape index (κ3) is 5.81. The lowest BCUT2D eigenvalue weighted by atomic mass is 10.0. The number of thioether (sulfide) groups is 1. The second-order valence-corrected chi connectivity index (χ2v) is 8.72. The summed E-state index contributed by atoms with van der Waals surface area (Å²) in [5.74, 6) is 0.143. The summed E-state index contributed by atoms with van der Waals surface area (Å²) in [5, 5.41) is 7.87. The molecular formula is C19H25N3O4S2. The van der Waals surface area contributed by atoms with Gasteiger partial charge >= 0.3 is 12.0 Å². The number of ether oxygens (including phenoxy) is 1. The van der Waals surface area contributed by atoms with Gasteiger partial charge in [0.1, 0.15) is 6.61 Å². The molecule has 1 aromatic rings. The molecule has 152 valence electrons. The van der Waals surface area contributed by atoms with Crippen molar-refractivity contribution in [2.45, 2.75) is 55.0 Å². The fraction of sp³-hybridized carbons (Fsp3) is 0.526. The Morgan fingerprint density at radius 2 is 2.04 bits per heavy atom. The third-order valence-corrected chi connectivity index (χ3v) is 6.67. The Bertz CT molecular complexity index is 704. The quantitative estimate of drug-likeness (QED) is 0.160. The number of carbonyl (C=O) groups is 3. The molecule has 1 aromatic carbocycles. The Kier molecular flexibility index (Phi) is 7.50. The van der Waals surface area contributed by atoms with Crippen molar-refractivity contribution in [3.05, 3.63) is 35.9 Å². The van der Waals surface area contributed by atoms with Gasteiger partial charge in [-0.15, -0.1) is 12.6 Å². The number of amides is 3. The Morgan fingerprint density at radius 3 is 2.82 bits per heavy atom. The molecule has 3 rings (SSSR count). The molecule has 0 spiro atoms. The first-order chi connectivity index (χ1) is 13.5. The highest BCUT2D eigenvalue weighted by molar-refractivity contribution is 8.00. The van der Waals surface area contributed by atoms with Gasteiger partial charge in [0.15, 0.2) is 5.37 Å². The van der Waals surface area contributed by atoms with Crippen LogP contribution in [0.4, 0.5) is 4.79 Å². The van der Waals surface area contributed by atoms with Gasteiger partial charge in [0, 0.05) is 17.4 Å². The van der Waals surface area contributed by atoms with E-state index < -0.39 is 11.3 Å². The fourth-order valence-electron chi connectivity index (χ4n) is 3.37. The average molecular weight is 424 g/mol. The highest BCUT2D eigenvalue weighted by atomic mass is 32.2. The van der Waals surface area contributed by atoms with E-state index in [2.05, 4.69) is 28.6 Å². The molecule has 3 N–H and O–H groups in total. The molecule has 9 heteroatoms. The zero-order valence-electron chi connectivity index (χ0n) is 15.4. The van der Waals surface area contributed by atoms with Crippen LogP contribution in [0.25, 0.3) is 0 Å². The van der Waals surface area contributed by atoms with Crippen LogP contribution in [0.2, 0.25) is 0 Å². The number of thiol groups is 1. The number of esters is 1. The average Bonchev–Trinajstić information content (AvgIpc) is 3.23. The highest BCUT2D eigenvalue weighted by Crippen LogP contribution is 2.33. The summed E-state index contributed by atoms with van der Waals surface area (Å²) in [7, 11) is 0. The molecule has 0 radical (unpaired) electrons. The summed E-state index contributed by atoms with van der Waals surface area (Å²) in [6, 6.07) is 9.66. The Balaban J connectivity index is 1.28. The summed E-state index contributed by atoms with van der Waals surface area (Å²) >= 11 is 5.98. The number of hydrogen-bond donors (Lipinski definition) is 4. The van der Waals surface area contributed by atoms with E-state index >= 15 is 0 Å². The number of hydrogen-bond acceptors (Lipinski definition) is 6. The first-order valence-corrected chi connectivity index (χ1v) is 11.0. The maximum absolute atomic E-state index is 12.0. The van der Waals surface area contributed by atoms with Crippen molar-refractivity contribution in [1.82, 2.24) is 16.0 Å². The second-order valence-electron chi connectivity index (χ2n) is 6.93. The van der Waals surface area contributed by atoms with Gasteiger partial charge in [-0.1, -0.05) is 36.8 Å². The lowest BCUT2D eigenvalue weighted by molar-refractivity contribution is -0.146. The molecule has 0 bridgehead atoms. The molecular weight excluding hydrogens is 398 g/mol. The van der Waals surface area contributed by atoms with E-state index in [1.54, 1.807) is 0 Å². The predicted octanol–water partition coefficient (Wildman–Crippen LogP) is 1.83. The molecule has 0 aliphatic carbocycles. The second kappa shape index (κ2) is 10.1. The maximum Gasteiger partial charge on any atom is 0.339 e. The molecule has 2 heterocycles. The Hall–Kier alpha value is -1.87. The Labute approximate surface area is 174 Å². The zero-order chi connectivity index (χ0) is 19.9. The molecule has 4 unspecified atom stereocenters. The smallest absolute Gasteiger partial charge is 0.339 e. The molecule has 2 saturated heterocycles. The number of unbranched alkanes of at least 4 members (excludes halogenated alkanes) is 1. The maximum atomic E-state index is 12.0. The topological polar surface area (TPSA) is 96.5 Å². The summed E-state index contributed by atoms with van der Waals surface area (Å²) < 4.78 is 5.16. The van der Waals surface area contributed by atoms with Gasteiger partial charge in [-0.25, -0.2) is 9.59 Å². The number of benzene rings is 1. The van der Waals surface area contributed by atoms with Crippen molar-refractivity contribution in [3.8, 4) is 0 Å². The van der Waals surface area contributed by atoms with Crippen molar-refractivity contribution < 1.29 is 19.1 Å². The molecule has 0 aromatic heterocycles. The van der Waals surface area contributed by atoms with E-state index in [4.69, 9.17) is 4.74 Å². The third-order valence-electron chi connectivity index (χ3n) is 4.83. The van der Waals surface area contributed by atoms with E-state index in [-0.39, 0.29) is 30.6 Å². The van der Waals surface area contributed by atoms with Crippen LogP contribution < -0.4 is 16.0 Å². The van der Waals surface area contributed by atoms with Gasteiger partial charge in [0.05, 0.1) is 12.1 Å². The minimum Gasteiger partial charge on any atom is -0.459 e. The SMILES string of the molecule is O=C(CCCCC1SCC2NC(=O)NC21)NC(S)C(=O)OCc1ccccc1. The largest absolute Gasteiger partial charge is 0.459 e. The molecule has 2 aliphatic rings. The van der Waals surface area contributed by atoms with Gasteiger partial charge in [-0.2, -0.15) is 11.8 Å². The van der Waals surface area contributed by atoms with Crippen LogP contribution in [0.15, 0.2) is 30.3 Å². The zero-order valence-corrected chi connectivity index (χ0v) is 17.1. The normalized spacial score (nSPS) is 24.0. The van der Waals surface area contributed by atoms with Gasteiger partial charge in [-0.05, 0) is 18.4 Å². The summed E-state index contributed by atoms with van der Waals surface area (Å²) in [6.45, 7) is 0.152. The summed E-state index contributed by atoms with van der Waals surface area (Å²) in [6.07, 6.45) is 2.89. The molecule has 28 heavy (non-hydrogen) atoms. The van der Waals surface area contributed by atoms with Crippen LogP contribution in [0.5, 0.6) is 0 Å². The van der Waals surface area contributed by atoms with Crippen molar-refractivity contribution in [2.75, 3.05) is 5.75 Å². The monoisotopic (exact) mass is 423 g/mol. The van der Waals surface area contributed by atoms with Crippen LogP contribution in [-0.2, 0) is 20.9 Å². The first kappa shape index (κ1) is 20.9. The minimum absolute atomic E-state index is 0.0846. The Morgan fingerprint density at radius 1 is 1.25 bits per heavy atom. The number of carbonyl (C=O) groups excluding carboxylic acids is 3. The minimum atomic E-state index is -0.970. The van der Waals surface area contributed by atoms with E-state index in [9.17, 15) is 14.4 Å². The predicted molar refractivity (Wildman–Crippen MR) is 111 cm³/mol. The first-order valence-electron chi connectivity index (χ1n) is 9.39. The van der Waals surface area contributed by atoms with Crippen molar-refractivity contribution >= 4 is 42.3 Å². The van der Waals surface area contributed by atoms with Gasteiger partial charge in [0.2, 0.25) is 5.91 Å². The molecule has 2 fully saturated rings. The van der Waals surface area contributed by atoms with Gasteiger partial charge in [0.25, 0.3) is 0 Å². The van der Waals surface area contributed by atoms with Crippen LogP contribution >= 0.6 is 24.4 Å². The molecule has 2 aliphatic heterocycles. The van der Waals surface area contributed by atoms with E-state index in [0.29, 0.717) is 11.7 Å². The van der Waals surface area contributed by atoms with Crippen LogP contribution in [0.1, 0.15) is 31.2 Å². The van der Waals surface area contributed by atoms with Gasteiger partial charge < -0.3 is 20.7 Å². The van der Waals surface area contributed by atoms with E-state index in [1.165, 1.54) is 0 Å². The number of rotatable bonds is 9. The number of fused-ring (bicyclic) bond motifs is 1. The van der Waals surface area contributed by atoms with Gasteiger partial charge in [-0.3, -0.25) is 4.79 Å². The molecule has 0 saturated carbocycles. The lowest BCUT2D eigenvalue weighted by Crippen LogP contribution is -2.38. The molecule has 4 atom stereocenters. The van der Waals surface area contributed by atoms with Crippen molar-refractivity contribution in [2.24, 2.45) is 0 Å². The number of urea groups is 1. The summed E-state index contributed by atoms with van der Waals surface area (Å²) in [4.78, 5) is 35.3. The van der Waals surface area contributed by atoms with Crippen LogP contribution in [0.3, 0.4) is 0 Å². The van der Waals surface area contributed by atoms with E-state index in [1.807, 2.05) is 42.1 Å². The highest BCUT2D eigenvalue weighted by Gasteiger charge is 2.42. The summed E-state index contributed by atoms with van der Waals surface area (Å²) in [5.41, 5.74) is 0.878. The molecule has 3 amide bonds. The fourth-order valence-corrected chi connectivity index (χ4v) is 5.13. The van der Waals surface area contributed by atoms with Crippen LogP contribution in [-0.4, -0.2) is 46.4 Å². The van der Waals surface area contributed by atoms with Crippen LogP contribution in [0, 0.1) is 0 Å². The standard InChI is InChI=1S/C19H25N3O4S2/c23-15(21-17(27)18(24)26-10-12-6-2-1-3-7-12)9-5-4-8-14-16-13(11-28-14)20-19(25)22-16/h1-3,6-7,13-14,16-17,27H,4-5,8-11H2,(H,21,23)(H2,20,22,25). The van der Waals surface area contributed by atoms with Crippen molar-refractivity contribution in [1.29, 1.82) is 0 Å². The lowest BCUT2D eigenvalue weighted by Gasteiger charge is -2.16.